The number of hydrogen-bond donors (Lipinski definition) is 0. The highest BCUT2D eigenvalue weighted by Gasteiger charge is 2.33. The molecule has 0 bridgehead atoms. The van der Waals surface area contributed by atoms with Crippen LogP contribution in [0.25, 0.3) is 0 Å². The van der Waals surface area contributed by atoms with Crippen molar-refractivity contribution in [3.05, 3.63) is 47.5 Å². The summed E-state index contributed by atoms with van der Waals surface area (Å²) >= 11 is 0. The van der Waals surface area contributed by atoms with Crippen LogP contribution in [0.3, 0.4) is 0 Å². The van der Waals surface area contributed by atoms with E-state index in [1.165, 1.54) is 0 Å². The zero-order valence-corrected chi connectivity index (χ0v) is 15.4. The minimum Gasteiger partial charge on any atom is -0.454 e. The van der Waals surface area contributed by atoms with Crippen LogP contribution in [0.15, 0.2) is 41.3 Å². The second-order valence-corrected chi connectivity index (χ2v) is 8.13. The first-order chi connectivity index (χ1) is 13.0. The zero-order valence-electron chi connectivity index (χ0n) is 14.6. The maximum absolute atomic E-state index is 12.6. The van der Waals surface area contributed by atoms with E-state index in [0.717, 1.165) is 25.1 Å². The number of sulfone groups is 1. The van der Waals surface area contributed by atoms with Gasteiger partial charge in [-0.25, -0.2) is 8.42 Å². The molecule has 0 unspecified atom stereocenters. The number of aryl methyl sites for hydroxylation is 1. The van der Waals surface area contributed by atoms with Gasteiger partial charge in [0.05, 0.1) is 16.2 Å². The molecule has 0 aliphatic carbocycles. The predicted molar refractivity (Wildman–Crippen MR) is 91.5 cm³/mol. The van der Waals surface area contributed by atoms with E-state index in [1.54, 1.807) is 18.2 Å². The van der Waals surface area contributed by atoms with Crippen LogP contribution in [-0.4, -0.2) is 33.1 Å². The van der Waals surface area contributed by atoms with E-state index in [9.17, 15) is 26.4 Å². The average molecular weight is 416 g/mol. The SMILES string of the molecule is CC(=O)c1cc(S(=O)(=O)CCc2ccc3c(c2)OCO3)ccc1OC(F)(F)F. The van der Waals surface area contributed by atoms with Crippen molar-refractivity contribution in [2.45, 2.75) is 24.6 Å². The topological polar surface area (TPSA) is 78.9 Å². The minimum atomic E-state index is -5.00. The van der Waals surface area contributed by atoms with E-state index in [1.807, 2.05) is 0 Å². The van der Waals surface area contributed by atoms with Gasteiger partial charge >= 0.3 is 6.36 Å². The van der Waals surface area contributed by atoms with E-state index >= 15 is 0 Å². The first kappa shape index (κ1) is 20.0. The summed E-state index contributed by atoms with van der Waals surface area (Å²) in [4.78, 5) is 11.4. The summed E-state index contributed by atoms with van der Waals surface area (Å²) in [6, 6.07) is 7.75. The van der Waals surface area contributed by atoms with Gasteiger partial charge in [-0.05, 0) is 49.2 Å². The van der Waals surface area contributed by atoms with Crippen molar-refractivity contribution < 1.29 is 40.6 Å². The molecule has 2 aromatic carbocycles. The van der Waals surface area contributed by atoms with Crippen LogP contribution in [0.5, 0.6) is 17.2 Å². The molecule has 1 heterocycles. The van der Waals surface area contributed by atoms with Crippen molar-refractivity contribution in [2.75, 3.05) is 12.5 Å². The lowest BCUT2D eigenvalue weighted by Gasteiger charge is -2.13. The molecule has 28 heavy (non-hydrogen) atoms. The van der Waals surface area contributed by atoms with E-state index in [4.69, 9.17) is 9.47 Å². The minimum absolute atomic E-state index is 0.0945. The Balaban J connectivity index is 1.81. The number of Topliss-reactive ketones (excluding diaryl/α,β-unsaturated/α-hetero) is 1. The second kappa shape index (κ2) is 7.34. The Morgan fingerprint density at radius 2 is 1.82 bits per heavy atom. The number of ether oxygens (including phenoxy) is 3. The van der Waals surface area contributed by atoms with Crippen molar-refractivity contribution in [3.8, 4) is 17.2 Å². The molecule has 3 rings (SSSR count). The van der Waals surface area contributed by atoms with E-state index < -0.39 is 33.3 Å². The number of benzene rings is 2. The molecule has 0 spiro atoms. The summed E-state index contributed by atoms with van der Waals surface area (Å²) < 4.78 is 76.7. The zero-order chi connectivity index (χ0) is 20.5. The number of carbonyl (C=O) groups is 1. The summed E-state index contributed by atoms with van der Waals surface area (Å²) in [6.45, 7) is 1.12. The van der Waals surface area contributed by atoms with Crippen molar-refractivity contribution in [3.63, 3.8) is 0 Å². The van der Waals surface area contributed by atoms with Gasteiger partial charge in [-0.15, -0.1) is 13.2 Å². The Hall–Kier alpha value is -2.75. The summed E-state index contributed by atoms with van der Waals surface area (Å²) in [6.07, 6.45) is -4.85. The summed E-state index contributed by atoms with van der Waals surface area (Å²) in [5.41, 5.74) is 0.234. The highest BCUT2D eigenvalue weighted by molar-refractivity contribution is 7.91. The van der Waals surface area contributed by atoms with Crippen LogP contribution in [-0.2, 0) is 16.3 Å². The lowest BCUT2D eigenvalue weighted by Crippen LogP contribution is -2.19. The third-order valence-electron chi connectivity index (χ3n) is 4.01. The Morgan fingerprint density at radius 3 is 2.50 bits per heavy atom. The number of hydrogen-bond acceptors (Lipinski definition) is 6. The molecule has 1 aliphatic rings. The van der Waals surface area contributed by atoms with Gasteiger partial charge in [0.2, 0.25) is 6.79 Å². The van der Waals surface area contributed by atoms with Gasteiger partial charge in [0.25, 0.3) is 0 Å². The number of rotatable bonds is 6. The Kier molecular flexibility index (Phi) is 5.24. The quantitative estimate of drug-likeness (QED) is 0.671. The van der Waals surface area contributed by atoms with Gasteiger partial charge in [-0.1, -0.05) is 6.07 Å². The number of halogens is 3. The van der Waals surface area contributed by atoms with Crippen LogP contribution in [0.2, 0.25) is 0 Å². The van der Waals surface area contributed by atoms with E-state index in [2.05, 4.69) is 4.74 Å². The maximum Gasteiger partial charge on any atom is 0.573 e. The fourth-order valence-electron chi connectivity index (χ4n) is 2.66. The molecule has 0 fully saturated rings. The van der Waals surface area contributed by atoms with Gasteiger partial charge in [0, 0.05) is 0 Å². The monoisotopic (exact) mass is 416 g/mol. The van der Waals surface area contributed by atoms with Gasteiger partial charge in [-0.2, -0.15) is 0 Å². The summed E-state index contributed by atoms with van der Waals surface area (Å²) in [5, 5.41) is 0. The summed E-state index contributed by atoms with van der Waals surface area (Å²) in [5.74, 6) is -0.703. The molecule has 10 heteroatoms. The van der Waals surface area contributed by atoms with Crippen LogP contribution in [0, 0.1) is 0 Å². The normalized spacial score (nSPS) is 13.4. The van der Waals surface area contributed by atoms with Crippen LogP contribution >= 0.6 is 0 Å². The van der Waals surface area contributed by atoms with Crippen LogP contribution in [0.4, 0.5) is 13.2 Å². The van der Waals surface area contributed by atoms with Crippen molar-refractivity contribution >= 4 is 15.6 Å². The molecule has 2 aromatic rings. The first-order valence-electron chi connectivity index (χ1n) is 8.07. The van der Waals surface area contributed by atoms with Crippen LogP contribution < -0.4 is 14.2 Å². The predicted octanol–water partition coefficient (Wildman–Crippen LogP) is 3.53. The molecule has 6 nitrogen and oxygen atoms in total. The smallest absolute Gasteiger partial charge is 0.454 e. The molecule has 0 saturated heterocycles. The lowest BCUT2D eigenvalue weighted by atomic mass is 10.1. The highest BCUT2D eigenvalue weighted by Crippen LogP contribution is 2.33. The van der Waals surface area contributed by atoms with Crippen molar-refractivity contribution in [1.82, 2.24) is 0 Å². The molecule has 0 N–H and O–H groups in total. The third-order valence-corrected chi connectivity index (χ3v) is 5.73. The Morgan fingerprint density at radius 1 is 1.11 bits per heavy atom. The van der Waals surface area contributed by atoms with E-state index in [-0.39, 0.29) is 23.9 Å². The third kappa shape index (κ3) is 4.56. The van der Waals surface area contributed by atoms with Crippen molar-refractivity contribution in [2.24, 2.45) is 0 Å². The highest BCUT2D eigenvalue weighted by atomic mass is 32.2. The second-order valence-electron chi connectivity index (χ2n) is 6.02. The Bertz CT molecular complexity index is 1010. The number of carbonyl (C=O) groups excluding carboxylic acids is 1. The molecule has 0 radical (unpaired) electrons. The van der Waals surface area contributed by atoms with Crippen LogP contribution in [0.1, 0.15) is 22.8 Å². The average Bonchev–Trinajstić information content (AvgIpc) is 3.06. The molecule has 0 saturated carbocycles. The van der Waals surface area contributed by atoms with Gasteiger partial charge in [0.15, 0.2) is 27.1 Å². The van der Waals surface area contributed by atoms with Gasteiger partial charge in [0.1, 0.15) is 5.75 Å². The number of fused-ring (bicyclic) bond motifs is 1. The maximum atomic E-state index is 12.6. The molecule has 0 aromatic heterocycles. The first-order valence-corrected chi connectivity index (χ1v) is 9.72. The fourth-order valence-corrected chi connectivity index (χ4v) is 3.97. The number of alkyl halides is 3. The standard InChI is InChI=1S/C18H15F3O6S/c1-11(22)14-9-13(3-5-15(14)27-18(19,20)21)28(23,24)7-6-12-2-4-16-17(8-12)26-10-25-16/h2-5,8-9H,6-7,10H2,1H3. The fraction of sp³-hybridized carbons (Fsp3) is 0.278. The van der Waals surface area contributed by atoms with Gasteiger partial charge < -0.3 is 14.2 Å². The molecular weight excluding hydrogens is 401 g/mol. The Labute approximate surface area is 158 Å². The van der Waals surface area contributed by atoms with Crippen molar-refractivity contribution in [1.29, 1.82) is 0 Å². The molecule has 1 aliphatic heterocycles. The molecule has 150 valence electrons. The summed E-state index contributed by atoms with van der Waals surface area (Å²) in [7, 11) is -3.85. The molecule has 0 atom stereocenters. The molecular formula is C18H15F3O6S. The van der Waals surface area contributed by atoms with E-state index in [0.29, 0.717) is 17.1 Å². The molecule has 0 amide bonds. The number of ketones is 1. The lowest BCUT2D eigenvalue weighted by molar-refractivity contribution is -0.274. The largest absolute Gasteiger partial charge is 0.573 e. The van der Waals surface area contributed by atoms with Gasteiger partial charge in [-0.3, -0.25) is 4.79 Å².